The lowest BCUT2D eigenvalue weighted by molar-refractivity contribution is -0.149. The molecule has 4 atom stereocenters. The summed E-state index contributed by atoms with van der Waals surface area (Å²) in [5.74, 6) is 3.23. The first-order chi connectivity index (χ1) is 14.9. The fourth-order valence-corrected chi connectivity index (χ4v) is 3.44. The van der Waals surface area contributed by atoms with Crippen molar-refractivity contribution in [3.8, 4) is 23.8 Å². The van der Waals surface area contributed by atoms with Crippen LogP contribution in [0.25, 0.3) is 0 Å². The van der Waals surface area contributed by atoms with E-state index in [-0.39, 0.29) is 29.3 Å². The molecule has 2 unspecified atom stereocenters. The summed E-state index contributed by atoms with van der Waals surface area (Å²) in [5, 5.41) is 4.05. The van der Waals surface area contributed by atoms with Gasteiger partial charge in [0.15, 0.2) is 6.10 Å². The Balaban J connectivity index is 1.65. The molecule has 0 bridgehead atoms. The summed E-state index contributed by atoms with van der Waals surface area (Å²) >= 11 is 0. The fraction of sp³-hybridized carbons (Fsp3) is 0.385. The SMILES string of the molecule is C#CC(OC(=O)[C@@H]1[C@H](C=NOC(C)CC)C1(C)C)c1cccc(Oc2ccccc2)c1. The maximum Gasteiger partial charge on any atom is 0.311 e. The van der Waals surface area contributed by atoms with Crippen LogP contribution in [0.3, 0.4) is 0 Å². The van der Waals surface area contributed by atoms with E-state index in [4.69, 9.17) is 20.7 Å². The van der Waals surface area contributed by atoms with Crippen LogP contribution in [-0.4, -0.2) is 18.3 Å². The van der Waals surface area contributed by atoms with E-state index in [0.29, 0.717) is 11.3 Å². The Kier molecular flexibility index (Phi) is 7.02. The summed E-state index contributed by atoms with van der Waals surface area (Å²) < 4.78 is 11.6. The van der Waals surface area contributed by atoms with E-state index in [1.54, 1.807) is 12.3 Å². The molecule has 2 aromatic carbocycles. The number of hydrogen-bond acceptors (Lipinski definition) is 5. The lowest BCUT2D eigenvalue weighted by atomic mass is 10.1. The second-order valence-corrected chi connectivity index (χ2v) is 8.37. The summed E-state index contributed by atoms with van der Waals surface area (Å²) in [4.78, 5) is 18.2. The molecule has 0 saturated heterocycles. The first-order valence-corrected chi connectivity index (χ1v) is 10.6. The molecule has 0 radical (unpaired) electrons. The zero-order valence-electron chi connectivity index (χ0n) is 18.4. The third-order valence-corrected chi connectivity index (χ3v) is 5.73. The maximum atomic E-state index is 12.9. The Morgan fingerprint density at radius 3 is 2.58 bits per heavy atom. The lowest BCUT2D eigenvalue weighted by Gasteiger charge is -2.15. The Morgan fingerprint density at radius 1 is 1.19 bits per heavy atom. The van der Waals surface area contributed by atoms with Crippen LogP contribution in [0, 0.1) is 29.6 Å². The van der Waals surface area contributed by atoms with Crippen LogP contribution in [0.15, 0.2) is 59.8 Å². The highest BCUT2D eigenvalue weighted by atomic mass is 16.6. The van der Waals surface area contributed by atoms with E-state index in [9.17, 15) is 4.79 Å². The van der Waals surface area contributed by atoms with Crippen molar-refractivity contribution in [3.63, 3.8) is 0 Å². The van der Waals surface area contributed by atoms with Crippen LogP contribution < -0.4 is 4.74 Å². The number of rotatable bonds is 9. The molecule has 5 nitrogen and oxygen atoms in total. The quantitative estimate of drug-likeness (QED) is 0.224. The van der Waals surface area contributed by atoms with Crippen LogP contribution in [0.4, 0.5) is 0 Å². The molecule has 3 rings (SSSR count). The lowest BCUT2D eigenvalue weighted by Crippen LogP contribution is -2.14. The highest BCUT2D eigenvalue weighted by Gasteiger charge is 2.62. The zero-order chi connectivity index (χ0) is 22.4. The average Bonchev–Trinajstić information content (AvgIpc) is 3.32. The Labute approximate surface area is 184 Å². The Hall–Kier alpha value is -3.26. The minimum absolute atomic E-state index is 0.0414. The van der Waals surface area contributed by atoms with Crippen molar-refractivity contribution in [1.29, 1.82) is 0 Å². The van der Waals surface area contributed by atoms with E-state index in [1.165, 1.54) is 0 Å². The van der Waals surface area contributed by atoms with E-state index >= 15 is 0 Å². The summed E-state index contributed by atoms with van der Waals surface area (Å²) in [5.41, 5.74) is 0.435. The largest absolute Gasteiger partial charge is 0.457 e. The van der Waals surface area contributed by atoms with Crippen LogP contribution in [-0.2, 0) is 14.4 Å². The van der Waals surface area contributed by atoms with Gasteiger partial charge in [-0.1, -0.05) is 62.2 Å². The second kappa shape index (κ2) is 9.70. The van der Waals surface area contributed by atoms with Crippen LogP contribution in [0.2, 0.25) is 0 Å². The Bertz CT molecular complexity index is 961. The number of ether oxygens (including phenoxy) is 2. The molecule has 1 aliphatic rings. The number of carbonyl (C=O) groups is 1. The molecule has 0 aromatic heterocycles. The Morgan fingerprint density at radius 2 is 1.90 bits per heavy atom. The molecule has 0 spiro atoms. The predicted octanol–water partition coefficient (Wildman–Crippen LogP) is 5.77. The average molecular weight is 420 g/mol. The van der Waals surface area contributed by atoms with Crippen molar-refractivity contribution in [1.82, 2.24) is 0 Å². The highest BCUT2D eigenvalue weighted by molar-refractivity contribution is 5.85. The predicted molar refractivity (Wildman–Crippen MR) is 121 cm³/mol. The molecule has 31 heavy (non-hydrogen) atoms. The third kappa shape index (κ3) is 5.46. The maximum absolute atomic E-state index is 12.9. The summed E-state index contributed by atoms with van der Waals surface area (Å²) in [6, 6.07) is 16.7. The van der Waals surface area contributed by atoms with E-state index in [1.807, 2.05) is 76.2 Å². The molecule has 1 saturated carbocycles. The van der Waals surface area contributed by atoms with Gasteiger partial charge in [-0.25, -0.2) is 0 Å². The van der Waals surface area contributed by atoms with Gasteiger partial charge in [0.2, 0.25) is 0 Å². The first-order valence-electron chi connectivity index (χ1n) is 10.6. The fourth-order valence-electron chi connectivity index (χ4n) is 3.44. The van der Waals surface area contributed by atoms with Crippen LogP contribution in [0.5, 0.6) is 11.5 Å². The molecular formula is C26H29NO4. The van der Waals surface area contributed by atoms with Gasteiger partial charge in [-0.05, 0) is 43.0 Å². The number of nitrogens with zero attached hydrogens (tertiary/aromatic N) is 1. The number of oxime groups is 1. The molecule has 0 aliphatic heterocycles. The van der Waals surface area contributed by atoms with Gasteiger partial charge >= 0.3 is 5.97 Å². The van der Waals surface area contributed by atoms with Gasteiger partial charge in [-0.2, -0.15) is 0 Å². The van der Waals surface area contributed by atoms with Gasteiger partial charge in [0.05, 0.1) is 5.92 Å². The summed E-state index contributed by atoms with van der Waals surface area (Å²) in [6.45, 7) is 8.01. The molecule has 1 fully saturated rings. The van der Waals surface area contributed by atoms with Crippen molar-refractivity contribution < 1.29 is 19.1 Å². The third-order valence-electron chi connectivity index (χ3n) is 5.73. The molecule has 5 heteroatoms. The highest BCUT2D eigenvalue weighted by Crippen LogP contribution is 2.58. The molecule has 0 heterocycles. The summed E-state index contributed by atoms with van der Waals surface area (Å²) in [6.07, 6.45) is 7.51. The second-order valence-electron chi connectivity index (χ2n) is 8.37. The van der Waals surface area contributed by atoms with E-state index in [0.717, 1.165) is 12.2 Å². The van der Waals surface area contributed by atoms with Gasteiger partial charge < -0.3 is 14.3 Å². The minimum Gasteiger partial charge on any atom is -0.457 e. The first kappa shape index (κ1) is 22.4. The molecule has 0 N–H and O–H groups in total. The van der Waals surface area contributed by atoms with Crippen molar-refractivity contribution in [2.24, 2.45) is 22.4 Å². The molecule has 0 amide bonds. The number of para-hydroxylation sites is 1. The monoisotopic (exact) mass is 419 g/mol. The number of carbonyl (C=O) groups excluding carboxylic acids is 1. The molecule has 162 valence electrons. The standard InChI is InChI=1S/C26H29NO4/c1-6-18(3)31-27-17-22-24(26(22,4)5)25(28)30-23(7-2)19-12-11-15-21(16-19)29-20-13-9-8-10-14-20/h2,8-18,22-24H,6H2,1,3-5H3/t18?,22-,23?,24-/m0/s1. The smallest absolute Gasteiger partial charge is 0.311 e. The molecular weight excluding hydrogens is 390 g/mol. The zero-order valence-corrected chi connectivity index (χ0v) is 18.4. The van der Waals surface area contributed by atoms with Gasteiger partial charge in [-0.15, -0.1) is 6.42 Å². The number of benzene rings is 2. The molecule has 1 aliphatic carbocycles. The summed E-state index contributed by atoms with van der Waals surface area (Å²) in [7, 11) is 0. The van der Waals surface area contributed by atoms with Crippen LogP contribution in [0.1, 0.15) is 45.8 Å². The normalized spacial score (nSPS) is 21.0. The number of hydrogen-bond donors (Lipinski definition) is 0. The number of esters is 1. The van der Waals surface area contributed by atoms with Gasteiger partial charge in [0, 0.05) is 17.7 Å². The minimum atomic E-state index is -0.794. The number of terminal acetylenes is 1. The molecule has 2 aromatic rings. The van der Waals surface area contributed by atoms with E-state index < -0.39 is 6.10 Å². The van der Waals surface area contributed by atoms with Crippen molar-refractivity contribution in [2.75, 3.05) is 0 Å². The van der Waals surface area contributed by atoms with Crippen molar-refractivity contribution in [2.45, 2.75) is 46.3 Å². The van der Waals surface area contributed by atoms with Crippen molar-refractivity contribution in [3.05, 3.63) is 60.2 Å². The van der Waals surface area contributed by atoms with Gasteiger partial charge in [0.1, 0.15) is 17.6 Å². The van der Waals surface area contributed by atoms with E-state index in [2.05, 4.69) is 11.1 Å². The van der Waals surface area contributed by atoms with Crippen LogP contribution >= 0.6 is 0 Å². The topological polar surface area (TPSA) is 57.1 Å². The van der Waals surface area contributed by atoms with Gasteiger partial charge in [-0.3, -0.25) is 4.79 Å². The van der Waals surface area contributed by atoms with Gasteiger partial charge in [0.25, 0.3) is 0 Å². The van der Waals surface area contributed by atoms with Crippen molar-refractivity contribution >= 4 is 12.2 Å².